The van der Waals surface area contributed by atoms with E-state index in [1.807, 2.05) is 37.3 Å². The first-order valence-electron chi connectivity index (χ1n) is 7.93. The fraction of sp³-hybridized carbons (Fsp3) is 0.389. The number of hydrogen-bond acceptors (Lipinski definition) is 3. The molecule has 0 radical (unpaired) electrons. The summed E-state index contributed by atoms with van der Waals surface area (Å²) in [4.78, 5) is 4.53. The van der Waals surface area contributed by atoms with Crippen LogP contribution in [-0.4, -0.2) is 30.7 Å². The molecular weight excluding hydrogens is 306 g/mol. The van der Waals surface area contributed by atoms with Crippen molar-refractivity contribution in [3.63, 3.8) is 0 Å². The molecule has 0 aliphatic heterocycles. The molecule has 1 heterocycles. The number of benzene rings is 1. The van der Waals surface area contributed by atoms with Gasteiger partial charge in [-0.25, -0.2) is 4.99 Å². The van der Waals surface area contributed by atoms with Crippen LogP contribution >= 0.6 is 11.3 Å². The minimum Gasteiger partial charge on any atom is -0.384 e. The third-order valence-electron chi connectivity index (χ3n) is 3.57. The van der Waals surface area contributed by atoms with E-state index in [1.165, 1.54) is 5.56 Å². The third kappa shape index (κ3) is 5.69. The number of thiophene rings is 1. The van der Waals surface area contributed by atoms with Crippen LogP contribution in [0.4, 0.5) is 0 Å². The van der Waals surface area contributed by atoms with Crippen molar-refractivity contribution in [2.24, 2.45) is 4.99 Å². The number of guanidine groups is 1. The van der Waals surface area contributed by atoms with E-state index in [4.69, 9.17) is 0 Å². The van der Waals surface area contributed by atoms with Gasteiger partial charge in [0.25, 0.3) is 0 Å². The number of hydrogen-bond donors (Lipinski definition) is 3. The fourth-order valence-corrected chi connectivity index (χ4v) is 2.93. The van der Waals surface area contributed by atoms with Crippen molar-refractivity contribution in [3.8, 4) is 0 Å². The highest BCUT2D eigenvalue weighted by Gasteiger charge is 2.22. The molecule has 0 aliphatic rings. The second kappa shape index (κ2) is 8.70. The minimum absolute atomic E-state index is 0.310. The van der Waals surface area contributed by atoms with Crippen molar-refractivity contribution in [1.82, 2.24) is 10.6 Å². The van der Waals surface area contributed by atoms with E-state index in [-0.39, 0.29) is 0 Å². The van der Waals surface area contributed by atoms with E-state index in [9.17, 15) is 5.11 Å². The molecule has 3 N–H and O–H groups in total. The van der Waals surface area contributed by atoms with Crippen LogP contribution in [0.2, 0.25) is 0 Å². The summed E-state index contributed by atoms with van der Waals surface area (Å²) in [5.41, 5.74) is 1.23. The number of aliphatic imine (C=N–C) groups is 1. The monoisotopic (exact) mass is 331 g/mol. The average molecular weight is 331 g/mol. The summed E-state index contributed by atoms with van der Waals surface area (Å²) in [5, 5.41) is 21.4. The predicted octanol–water partition coefficient (Wildman–Crippen LogP) is 2.75. The maximum atomic E-state index is 10.6. The highest BCUT2D eigenvalue weighted by Crippen LogP contribution is 2.20. The molecule has 0 saturated heterocycles. The third-order valence-corrected chi connectivity index (χ3v) is 4.30. The summed E-state index contributed by atoms with van der Waals surface area (Å²) < 4.78 is 0. The van der Waals surface area contributed by atoms with E-state index in [1.54, 1.807) is 18.3 Å². The van der Waals surface area contributed by atoms with Gasteiger partial charge in [-0.3, -0.25) is 0 Å². The molecule has 1 atom stereocenters. The Bertz CT molecular complexity index is 594. The Labute approximate surface area is 142 Å². The van der Waals surface area contributed by atoms with Gasteiger partial charge < -0.3 is 15.7 Å². The zero-order valence-corrected chi connectivity index (χ0v) is 14.6. The quantitative estimate of drug-likeness (QED) is 0.540. The van der Waals surface area contributed by atoms with Crippen LogP contribution in [0.15, 0.2) is 52.2 Å². The lowest BCUT2D eigenvalue weighted by molar-refractivity contribution is 0.0672. The van der Waals surface area contributed by atoms with Crippen molar-refractivity contribution in [2.75, 3.05) is 19.6 Å². The van der Waals surface area contributed by atoms with Gasteiger partial charge in [-0.1, -0.05) is 30.3 Å². The van der Waals surface area contributed by atoms with E-state index < -0.39 is 5.60 Å². The van der Waals surface area contributed by atoms with Crippen LogP contribution < -0.4 is 10.6 Å². The van der Waals surface area contributed by atoms with Crippen LogP contribution in [0, 0.1) is 0 Å². The Morgan fingerprint density at radius 3 is 2.65 bits per heavy atom. The zero-order valence-electron chi connectivity index (χ0n) is 13.7. The highest BCUT2D eigenvalue weighted by atomic mass is 32.1. The molecular formula is C18H25N3OS. The van der Waals surface area contributed by atoms with Crippen molar-refractivity contribution in [2.45, 2.75) is 25.9 Å². The average Bonchev–Trinajstić information content (AvgIpc) is 3.07. The lowest BCUT2D eigenvalue weighted by atomic mass is 9.96. The van der Waals surface area contributed by atoms with Crippen molar-refractivity contribution in [1.29, 1.82) is 0 Å². The van der Waals surface area contributed by atoms with Crippen molar-refractivity contribution >= 4 is 17.3 Å². The van der Waals surface area contributed by atoms with E-state index in [0.717, 1.165) is 31.0 Å². The normalized spacial score (nSPS) is 14.3. The molecule has 5 heteroatoms. The molecule has 1 unspecified atom stereocenters. The maximum absolute atomic E-state index is 10.6. The molecule has 2 rings (SSSR count). The first-order chi connectivity index (χ1) is 11.1. The molecule has 0 saturated carbocycles. The number of aliphatic hydroxyl groups is 1. The highest BCUT2D eigenvalue weighted by molar-refractivity contribution is 7.07. The SMILES string of the molecule is CCNC(=NCC(C)(O)c1ccccc1)NCCc1ccsc1. The predicted molar refractivity (Wildman–Crippen MR) is 98.0 cm³/mol. The molecule has 0 amide bonds. The Morgan fingerprint density at radius 2 is 2.00 bits per heavy atom. The smallest absolute Gasteiger partial charge is 0.191 e. The van der Waals surface area contributed by atoms with Gasteiger partial charge in [0.2, 0.25) is 0 Å². The second-order valence-electron chi connectivity index (χ2n) is 5.64. The summed E-state index contributed by atoms with van der Waals surface area (Å²) in [7, 11) is 0. The fourth-order valence-electron chi connectivity index (χ4n) is 2.22. The lowest BCUT2D eigenvalue weighted by Gasteiger charge is -2.22. The maximum Gasteiger partial charge on any atom is 0.191 e. The Morgan fingerprint density at radius 1 is 1.22 bits per heavy atom. The van der Waals surface area contributed by atoms with Gasteiger partial charge in [0, 0.05) is 13.1 Å². The first-order valence-corrected chi connectivity index (χ1v) is 8.87. The standard InChI is InChI=1S/C18H25N3OS/c1-3-19-17(20-11-9-15-10-12-23-13-15)21-14-18(2,22)16-7-5-4-6-8-16/h4-8,10,12-13,22H,3,9,11,14H2,1-2H3,(H2,19,20,21). The summed E-state index contributed by atoms with van der Waals surface area (Å²) in [6.45, 7) is 5.74. The minimum atomic E-state index is -0.975. The summed E-state index contributed by atoms with van der Waals surface area (Å²) in [5.74, 6) is 0.735. The molecule has 1 aromatic carbocycles. The Kier molecular flexibility index (Phi) is 6.62. The van der Waals surface area contributed by atoms with Crippen molar-refractivity contribution < 1.29 is 5.11 Å². The van der Waals surface area contributed by atoms with Gasteiger partial charge in [0.15, 0.2) is 5.96 Å². The zero-order chi connectivity index (χ0) is 16.5. The van der Waals surface area contributed by atoms with Gasteiger partial charge in [0.1, 0.15) is 5.60 Å². The Balaban J connectivity index is 1.92. The number of rotatable bonds is 7. The molecule has 0 spiro atoms. The molecule has 0 bridgehead atoms. The van der Waals surface area contributed by atoms with Crippen LogP contribution in [-0.2, 0) is 12.0 Å². The van der Waals surface area contributed by atoms with E-state index in [0.29, 0.717) is 6.54 Å². The topological polar surface area (TPSA) is 56.7 Å². The number of nitrogens with one attached hydrogen (secondary N) is 2. The molecule has 23 heavy (non-hydrogen) atoms. The van der Waals surface area contributed by atoms with Crippen LogP contribution in [0.5, 0.6) is 0 Å². The Hall–Kier alpha value is -1.85. The molecule has 124 valence electrons. The molecule has 0 fully saturated rings. The molecule has 4 nitrogen and oxygen atoms in total. The van der Waals surface area contributed by atoms with Crippen LogP contribution in [0.1, 0.15) is 25.0 Å². The summed E-state index contributed by atoms with van der Waals surface area (Å²) in [6.07, 6.45) is 0.961. The largest absolute Gasteiger partial charge is 0.384 e. The summed E-state index contributed by atoms with van der Waals surface area (Å²) >= 11 is 1.71. The van der Waals surface area contributed by atoms with Gasteiger partial charge in [0.05, 0.1) is 6.54 Å². The van der Waals surface area contributed by atoms with E-state index >= 15 is 0 Å². The van der Waals surface area contributed by atoms with E-state index in [2.05, 4.69) is 32.5 Å². The molecule has 1 aromatic heterocycles. The lowest BCUT2D eigenvalue weighted by Crippen LogP contribution is -2.39. The van der Waals surface area contributed by atoms with Crippen LogP contribution in [0.25, 0.3) is 0 Å². The second-order valence-corrected chi connectivity index (χ2v) is 6.42. The van der Waals surface area contributed by atoms with Gasteiger partial charge in [-0.05, 0) is 48.2 Å². The van der Waals surface area contributed by atoms with Crippen LogP contribution in [0.3, 0.4) is 0 Å². The van der Waals surface area contributed by atoms with Crippen molar-refractivity contribution in [3.05, 3.63) is 58.3 Å². The van der Waals surface area contributed by atoms with Gasteiger partial charge in [-0.2, -0.15) is 11.3 Å². The van der Waals surface area contributed by atoms with Gasteiger partial charge in [-0.15, -0.1) is 0 Å². The molecule has 2 aromatic rings. The molecule has 0 aliphatic carbocycles. The number of nitrogens with zero attached hydrogens (tertiary/aromatic N) is 1. The first kappa shape index (κ1) is 17.5. The summed E-state index contributed by atoms with van der Waals surface area (Å²) in [6, 6.07) is 11.8. The van der Waals surface area contributed by atoms with Gasteiger partial charge >= 0.3 is 0 Å².